The summed E-state index contributed by atoms with van der Waals surface area (Å²) in [6.45, 7) is 5.97. The van der Waals surface area contributed by atoms with E-state index in [-0.39, 0.29) is 23.1 Å². The number of nitro groups is 1. The van der Waals surface area contributed by atoms with Crippen molar-refractivity contribution in [1.29, 1.82) is 0 Å². The minimum Gasteiger partial charge on any atom is -0.393 e. The van der Waals surface area contributed by atoms with Crippen LogP contribution in [-0.4, -0.2) is 28.6 Å². The summed E-state index contributed by atoms with van der Waals surface area (Å²) in [4.78, 5) is 22.5. The van der Waals surface area contributed by atoms with Crippen LogP contribution < -0.4 is 5.32 Å². The van der Waals surface area contributed by atoms with Crippen molar-refractivity contribution in [2.75, 3.05) is 6.54 Å². The monoisotopic (exact) mass is 294 g/mol. The zero-order valence-electron chi connectivity index (χ0n) is 12.6. The maximum Gasteiger partial charge on any atom is 0.273 e. The minimum absolute atomic E-state index is 0.0348. The van der Waals surface area contributed by atoms with Gasteiger partial charge in [0.25, 0.3) is 11.6 Å². The van der Waals surface area contributed by atoms with Crippen molar-refractivity contribution in [3.63, 3.8) is 0 Å². The molecule has 0 saturated carbocycles. The molecule has 1 rings (SSSR count). The number of rotatable bonds is 7. The van der Waals surface area contributed by atoms with Gasteiger partial charge < -0.3 is 10.4 Å². The fraction of sp³-hybridized carbons (Fsp3) is 0.533. The Morgan fingerprint density at radius 3 is 2.62 bits per heavy atom. The van der Waals surface area contributed by atoms with Crippen molar-refractivity contribution in [3.05, 3.63) is 39.4 Å². The molecule has 0 aliphatic heterocycles. The second-order valence-electron chi connectivity index (χ2n) is 5.31. The van der Waals surface area contributed by atoms with E-state index < -0.39 is 11.0 Å². The molecule has 21 heavy (non-hydrogen) atoms. The highest BCUT2D eigenvalue weighted by molar-refractivity contribution is 5.94. The number of aliphatic hydroxyl groups excluding tert-OH is 1. The summed E-state index contributed by atoms with van der Waals surface area (Å²) < 4.78 is 0. The summed E-state index contributed by atoms with van der Waals surface area (Å²) in [5.74, 6) is -0.233. The Kier molecular flexibility index (Phi) is 6.30. The first-order valence-corrected chi connectivity index (χ1v) is 7.10. The third-order valence-corrected chi connectivity index (χ3v) is 3.42. The Hall–Kier alpha value is -1.95. The Labute approximate surface area is 124 Å². The van der Waals surface area contributed by atoms with E-state index in [1.165, 1.54) is 6.07 Å². The topological polar surface area (TPSA) is 92.5 Å². The number of aryl methyl sites for hydroxylation is 1. The number of nitrogens with zero attached hydrogens (tertiary/aromatic N) is 1. The van der Waals surface area contributed by atoms with Crippen molar-refractivity contribution in [3.8, 4) is 0 Å². The van der Waals surface area contributed by atoms with E-state index in [4.69, 9.17) is 0 Å². The van der Waals surface area contributed by atoms with Crippen LogP contribution in [0.5, 0.6) is 0 Å². The van der Waals surface area contributed by atoms with Gasteiger partial charge in [-0.1, -0.05) is 26.8 Å². The molecule has 6 heteroatoms. The van der Waals surface area contributed by atoms with Gasteiger partial charge in [-0.3, -0.25) is 14.9 Å². The first kappa shape index (κ1) is 17.1. The van der Waals surface area contributed by atoms with Gasteiger partial charge in [0.1, 0.15) is 0 Å². The lowest BCUT2D eigenvalue weighted by atomic mass is 10.0. The SMILES string of the molecule is CCc1ccc(C(=O)NCCC(O)C(C)C)cc1[N+](=O)[O-]. The number of benzene rings is 1. The molecule has 6 nitrogen and oxygen atoms in total. The molecular weight excluding hydrogens is 272 g/mol. The van der Waals surface area contributed by atoms with Crippen molar-refractivity contribution >= 4 is 11.6 Å². The second-order valence-corrected chi connectivity index (χ2v) is 5.31. The fourth-order valence-electron chi connectivity index (χ4n) is 1.94. The summed E-state index contributed by atoms with van der Waals surface area (Å²) in [7, 11) is 0. The Balaban J connectivity index is 2.70. The van der Waals surface area contributed by atoms with Gasteiger partial charge in [-0.05, 0) is 24.8 Å². The molecule has 0 aliphatic carbocycles. The molecule has 1 amide bonds. The highest BCUT2D eigenvalue weighted by atomic mass is 16.6. The van der Waals surface area contributed by atoms with Crippen LogP contribution in [0.15, 0.2) is 18.2 Å². The lowest BCUT2D eigenvalue weighted by Crippen LogP contribution is -2.28. The van der Waals surface area contributed by atoms with E-state index >= 15 is 0 Å². The molecular formula is C15H22N2O4. The van der Waals surface area contributed by atoms with Crippen LogP contribution in [0.2, 0.25) is 0 Å². The number of nitrogens with one attached hydrogen (secondary N) is 1. The van der Waals surface area contributed by atoms with Crippen molar-refractivity contribution < 1.29 is 14.8 Å². The first-order valence-electron chi connectivity index (χ1n) is 7.10. The summed E-state index contributed by atoms with van der Waals surface area (Å²) in [6.07, 6.45) is 0.527. The minimum atomic E-state index is -0.474. The van der Waals surface area contributed by atoms with E-state index in [1.54, 1.807) is 12.1 Å². The molecule has 1 atom stereocenters. The summed E-state index contributed by atoms with van der Waals surface area (Å²) >= 11 is 0. The van der Waals surface area contributed by atoms with Crippen LogP contribution in [-0.2, 0) is 6.42 Å². The van der Waals surface area contributed by atoms with Gasteiger partial charge in [-0.2, -0.15) is 0 Å². The largest absolute Gasteiger partial charge is 0.393 e. The molecule has 0 radical (unpaired) electrons. The number of nitro benzene ring substituents is 1. The quantitative estimate of drug-likeness (QED) is 0.596. The molecule has 1 unspecified atom stereocenters. The van der Waals surface area contributed by atoms with E-state index in [9.17, 15) is 20.0 Å². The Morgan fingerprint density at radius 1 is 1.43 bits per heavy atom. The van der Waals surface area contributed by atoms with Crippen molar-refractivity contribution in [2.45, 2.75) is 39.7 Å². The van der Waals surface area contributed by atoms with Gasteiger partial charge >= 0.3 is 0 Å². The van der Waals surface area contributed by atoms with Gasteiger partial charge in [-0.25, -0.2) is 0 Å². The van der Waals surface area contributed by atoms with E-state index in [1.807, 2.05) is 20.8 Å². The highest BCUT2D eigenvalue weighted by Gasteiger charge is 2.16. The summed E-state index contributed by atoms with van der Waals surface area (Å²) in [5.41, 5.74) is 0.831. The predicted molar refractivity (Wildman–Crippen MR) is 80.3 cm³/mol. The molecule has 116 valence electrons. The average molecular weight is 294 g/mol. The van der Waals surface area contributed by atoms with Crippen LogP contribution in [0.1, 0.15) is 43.1 Å². The smallest absolute Gasteiger partial charge is 0.273 e. The Bertz CT molecular complexity index is 514. The van der Waals surface area contributed by atoms with Crippen LogP contribution in [0, 0.1) is 16.0 Å². The molecule has 1 aromatic rings. The zero-order chi connectivity index (χ0) is 16.0. The molecule has 2 N–H and O–H groups in total. The molecule has 0 fully saturated rings. The zero-order valence-corrected chi connectivity index (χ0v) is 12.6. The van der Waals surface area contributed by atoms with Crippen LogP contribution in [0.25, 0.3) is 0 Å². The third kappa shape index (κ3) is 4.82. The van der Waals surface area contributed by atoms with Gasteiger partial charge in [0.15, 0.2) is 0 Å². The van der Waals surface area contributed by atoms with Gasteiger partial charge in [0, 0.05) is 23.7 Å². The summed E-state index contributed by atoms with van der Waals surface area (Å²) in [5, 5.41) is 23.3. The average Bonchev–Trinajstić information content (AvgIpc) is 2.45. The third-order valence-electron chi connectivity index (χ3n) is 3.42. The van der Waals surface area contributed by atoms with E-state index in [0.29, 0.717) is 24.9 Å². The maximum absolute atomic E-state index is 12.0. The van der Waals surface area contributed by atoms with Crippen LogP contribution >= 0.6 is 0 Å². The van der Waals surface area contributed by atoms with Crippen molar-refractivity contribution in [2.24, 2.45) is 5.92 Å². The number of carbonyl (C=O) groups excluding carboxylic acids is 1. The number of hydrogen-bond acceptors (Lipinski definition) is 4. The van der Waals surface area contributed by atoms with E-state index in [0.717, 1.165) is 0 Å². The molecule has 0 spiro atoms. The standard InChI is InChI=1S/C15H22N2O4/c1-4-11-5-6-12(9-13(11)17(20)21)15(19)16-8-7-14(18)10(2)3/h5-6,9-10,14,18H,4,7-8H2,1-3H3,(H,16,19). The second kappa shape index (κ2) is 7.73. The lowest BCUT2D eigenvalue weighted by molar-refractivity contribution is -0.385. The number of aliphatic hydroxyl groups is 1. The fourth-order valence-corrected chi connectivity index (χ4v) is 1.94. The molecule has 0 aromatic heterocycles. The number of carbonyl (C=O) groups is 1. The number of amides is 1. The van der Waals surface area contributed by atoms with E-state index in [2.05, 4.69) is 5.32 Å². The highest BCUT2D eigenvalue weighted by Crippen LogP contribution is 2.20. The normalized spacial score (nSPS) is 12.2. The summed E-state index contributed by atoms with van der Waals surface area (Å²) in [6, 6.07) is 4.49. The van der Waals surface area contributed by atoms with Gasteiger partial charge in [0.05, 0.1) is 11.0 Å². The van der Waals surface area contributed by atoms with Crippen LogP contribution in [0.4, 0.5) is 5.69 Å². The molecule has 0 saturated heterocycles. The molecule has 0 heterocycles. The van der Waals surface area contributed by atoms with Gasteiger partial charge in [-0.15, -0.1) is 0 Å². The Morgan fingerprint density at radius 2 is 2.10 bits per heavy atom. The van der Waals surface area contributed by atoms with Crippen molar-refractivity contribution in [1.82, 2.24) is 5.32 Å². The first-order chi connectivity index (χ1) is 9.86. The lowest BCUT2D eigenvalue weighted by Gasteiger charge is -2.14. The number of hydrogen-bond donors (Lipinski definition) is 2. The maximum atomic E-state index is 12.0. The molecule has 0 aliphatic rings. The van der Waals surface area contributed by atoms with Crippen LogP contribution in [0.3, 0.4) is 0 Å². The van der Waals surface area contributed by atoms with Gasteiger partial charge in [0.2, 0.25) is 0 Å². The molecule has 1 aromatic carbocycles. The molecule has 0 bridgehead atoms. The predicted octanol–water partition coefficient (Wildman–Crippen LogP) is 2.29.